The monoisotopic (exact) mass is 603 g/mol. The molecule has 2 aromatic heterocycles. The van der Waals surface area contributed by atoms with E-state index in [-0.39, 0.29) is 28.7 Å². The first-order valence-electron chi connectivity index (χ1n) is 13.0. The van der Waals surface area contributed by atoms with Crippen LogP contribution >= 0.6 is 11.8 Å². The number of amides is 1. The van der Waals surface area contributed by atoms with Crippen LogP contribution in [-0.2, 0) is 16.7 Å². The number of carboxylic acid groups (broad SMARTS) is 1. The number of carbonyl (C=O) groups is 2. The maximum absolute atomic E-state index is 13.4. The van der Waals surface area contributed by atoms with Crippen molar-refractivity contribution in [1.82, 2.24) is 15.3 Å². The number of carboxylic acids is 1. The van der Waals surface area contributed by atoms with Crippen LogP contribution in [0.3, 0.4) is 0 Å². The number of hydrogen-bond acceptors (Lipinski definition) is 6. The Bertz CT molecular complexity index is 1690. The highest BCUT2D eigenvalue weighted by molar-refractivity contribution is 7.98. The van der Waals surface area contributed by atoms with Crippen LogP contribution in [0.2, 0.25) is 0 Å². The van der Waals surface area contributed by atoms with Crippen molar-refractivity contribution < 1.29 is 32.3 Å². The number of nitrogens with one attached hydrogen (secondary N) is 1. The molecule has 0 aliphatic carbocycles. The third kappa shape index (κ3) is 7.31. The first-order valence-corrected chi connectivity index (χ1v) is 14.2. The van der Waals surface area contributed by atoms with Crippen LogP contribution in [0.15, 0.2) is 108 Å². The van der Waals surface area contributed by atoms with E-state index in [1.54, 1.807) is 24.5 Å². The lowest BCUT2D eigenvalue weighted by atomic mass is 10.0. The highest BCUT2D eigenvalue weighted by Crippen LogP contribution is 2.34. The molecule has 0 fully saturated rings. The molecule has 0 aliphatic heterocycles. The van der Waals surface area contributed by atoms with E-state index >= 15 is 0 Å². The standard InChI is InChI=1S/C32H24F3N3O4S/c33-32(34,35)25-12-10-24(11-13-25)30-38-27(28(42-30)23-8-6-21(7-9-23)22-14-16-36-17-15-22)29(39)37-26(31(40)41)19-43-18-20-4-2-1-3-5-20/h1-17,26H,18-19H2,(H,37,39)(H,40,41). The van der Waals surface area contributed by atoms with E-state index in [2.05, 4.69) is 15.3 Å². The third-order valence-corrected chi connectivity index (χ3v) is 7.57. The van der Waals surface area contributed by atoms with Gasteiger partial charge in [-0.3, -0.25) is 9.78 Å². The lowest BCUT2D eigenvalue weighted by Crippen LogP contribution is -2.42. The molecule has 0 saturated carbocycles. The van der Waals surface area contributed by atoms with E-state index in [4.69, 9.17) is 4.42 Å². The maximum Gasteiger partial charge on any atom is 0.416 e. The number of hydrogen-bond donors (Lipinski definition) is 2. The van der Waals surface area contributed by atoms with Gasteiger partial charge in [-0.15, -0.1) is 0 Å². The second-order valence-electron chi connectivity index (χ2n) is 9.45. The first-order chi connectivity index (χ1) is 20.7. The molecule has 43 heavy (non-hydrogen) atoms. The largest absolute Gasteiger partial charge is 0.480 e. The molecule has 11 heteroatoms. The van der Waals surface area contributed by atoms with E-state index in [0.717, 1.165) is 28.8 Å². The molecule has 0 saturated heterocycles. The Balaban J connectivity index is 1.43. The molecule has 7 nitrogen and oxygen atoms in total. The number of halogens is 3. The van der Waals surface area contributed by atoms with Gasteiger partial charge in [0.1, 0.15) is 6.04 Å². The Labute approximate surface area is 248 Å². The van der Waals surface area contributed by atoms with Crippen LogP contribution < -0.4 is 5.32 Å². The molecule has 0 aliphatic rings. The predicted octanol–water partition coefficient (Wildman–Crippen LogP) is 7.21. The number of aromatic nitrogens is 2. The van der Waals surface area contributed by atoms with Crippen LogP contribution in [0, 0.1) is 0 Å². The molecule has 2 N–H and O–H groups in total. The van der Waals surface area contributed by atoms with Gasteiger partial charge in [-0.25, -0.2) is 9.78 Å². The van der Waals surface area contributed by atoms with Crippen molar-refractivity contribution >= 4 is 23.6 Å². The minimum atomic E-state index is -4.52. The SMILES string of the molecule is O=C(NC(CSCc1ccccc1)C(=O)O)c1nc(-c2ccc(C(F)(F)F)cc2)oc1-c1ccc(-c2ccncc2)cc1. The number of rotatable bonds is 10. The summed E-state index contributed by atoms with van der Waals surface area (Å²) in [5.74, 6) is -1.40. The quantitative estimate of drug-likeness (QED) is 0.174. The molecule has 0 radical (unpaired) electrons. The summed E-state index contributed by atoms with van der Waals surface area (Å²) in [6.45, 7) is 0. The molecule has 218 valence electrons. The van der Waals surface area contributed by atoms with Gasteiger partial charge >= 0.3 is 12.1 Å². The lowest BCUT2D eigenvalue weighted by molar-refractivity contribution is -0.139. The van der Waals surface area contributed by atoms with E-state index < -0.39 is 29.7 Å². The van der Waals surface area contributed by atoms with Crippen LogP contribution in [0.1, 0.15) is 21.6 Å². The van der Waals surface area contributed by atoms with Crippen LogP contribution in [0.5, 0.6) is 0 Å². The fourth-order valence-corrected chi connectivity index (χ4v) is 5.23. The van der Waals surface area contributed by atoms with E-state index in [1.807, 2.05) is 54.6 Å². The number of thioether (sulfide) groups is 1. The zero-order valence-electron chi connectivity index (χ0n) is 22.4. The average molecular weight is 604 g/mol. The Kier molecular flexibility index (Phi) is 8.91. The van der Waals surface area contributed by atoms with Gasteiger partial charge in [-0.1, -0.05) is 54.6 Å². The Morgan fingerprint density at radius 3 is 2.07 bits per heavy atom. The van der Waals surface area contributed by atoms with Crippen LogP contribution in [-0.4, -0.2) is 38.7 Å². The number of benzene rings is 3. The van der Waals surface area contributed by atoms with E-state index in [1.165, 1.54) is 23.9 Å². The van der Waals surface area contributed by atoms with Crippen molar-refractivity contribution in [2.45, 2.75) is 18.0 Å². The summed E-state index contributed by atoms with van der Waals surface area (Å²) in [7, 11) is 0. The second kappa shape index (κ2) is 13.0. The molecule has 0 bridgehead atoms. The third-order valence-electron chi connectivity index (χ3n) is 6.46. The molecule has 5 aromatic rings. The smallest absolute Gasteiger partial charge is 0.416 e. The molecular weight excluding hydrogens is 579 g/mol. The fourth-order valence-electron chi connectivity index (χ4n) is 4.22. The molecule has 2 heterocycles. The van der Waals surface area contributed by atoms with Gasteiger partial charge in [0.05, 0.1) is 5.56 Å². The molecule has 5 rings (SSSR count). The number of carbonyl (C=O) groups excluding carboxylic acids is 1. The van der Waals surface area contributed by atoms with Gasteiger partial charge in [-0.2, -0.15) is 24.9 Å². The number of oxazole rings is 1. The van der Waals surface area contributed by atoms with Gasteiger partial charge in [0, 0.05) is 35.0 Å². The lowest BCUT2D eigenvalue weighted by Gasteiger charge is -2.14. The summed E-state index contributed by atoms with van der Waals surface area (Å²) in [5.41, 5.74) is 2.46. The van der Waals surface area contributed by atoms with Crippen LogP contribution in [0.25, 0.3) is 33.9 Å². The van der Waals surface area contributed by atoms with Crippen molar-refractivity contribution in [3.63, 3.8) is 0 Å². The van der Waals surface area contributed by atoms with Gasteiger partial charge in [0.25, 0.3) is 5.91 Å². The molecule has 3 aromatic carbocycles. The van der Waals surface area contributed by atoms with E-state index in [9.17, 15) is 27.9 Å². The second-order valence-corrected chi connectivity index (χ2v) is 10.5. The number of nitrogens with zero attached hydrogens (tertiary/aromatic N) is 2. The topological polar surface area (TPSA) is 105 Å². The summed E-state index contributed by atoms with van der Waals surface area (Å²) in [4.78, 5) is 33.8. The highest BCUT2D eigenvalue weighted by atomic mass is 32.2. The summed E-state index contributed by atoms with van der Waals surface area (Å²) in [6.07, 6.45) is -1.20. The van der Waals surface area contributed by atoms with Crippen LogP contribution in [0.4, 0.5) is 13.2 Å². The number of alkyl halides is 3. The Morgan fingerprint density at radius 2 is 1.44 bits per heavy atom. The first kappa shape index (κ1) is 29.6. The maximum atomic E-state index is 13.4. The zero-order chi connectivity index (χ0) is 30.4. The molecule has 0 spiro atoms. The van der Waals surface area contributed by atoms with Gasteiger partial charge in [0.15, 0.2) is 11.5 Å². The van der Waals surface area contributed by atoms with Crippen molar-refractivity contribution in [2.24, 2.45) is 0 Å². The minimum absolute atomic E-state index is 0.0507. The van der Waals surface area contributed by atoms with Crippen molar-refractivity contribution in [3.8, 4) is 33.9 Å². The minimum Gasteiger partial charge on any atom is -0.480 e. The molecular formula is C32H24F3N3O4S. The summed E-state index contributed by atoms with van der Waals surface area (Å²) < 4.78 is 45.2. The highest BCUT2D eigenvalue weighted by Gasteiger charge is 2.31. The predicted molar refractivity (Wildman–Crippen MR) is 157 cm³/mol. The summed E-state index contributed by atoms with van der Waals surface area (Å²) >= 11 is 1.35. The van der Waals surface area contributed by atoms with Gasteiger partial charge in [0.2, 0.25) is 5.89 Å². The number of aliphatic carboxylic acids is 1. The van der Waals surface area contributed by atoms with Gasteiger partial charge < -0.3 is 14.8 Å². The molecule has 1 amide bonds. The Morgan fingerprint density at radius 1 is 0.837 bits per heavy atom. The van der Waals surface area contributed by atoms with Gasteiger partial charge in [-0.05, 0) is 53.1 Å². The van der Waals surface area contributed by atoms with Crippen molar-refractivity contribution in [3.05, 3.63) is 120 Å². The fraction of sp³-hybridized carbons (Fsp3) is 0.125. The average Bonchev–Trinajstić information content (AvgIpc) is 3.47. The molecule has 1 atom stereocenters. The molecule has 1 unspecified atom stereocenters. The van der Waals surface area contributed by atoms with Crippen molar-refractivity contribution in [2.75, 3.05) is 5.75 Å². The van der Waals surface area contributed by atoms with E-state index in [0.29, 0.717) is 11.3 Å². The Hall–Kier alpha value is -4.90. The number of pyridine rings is 1. The summed E-state index contributed by atoms with van der Waals surface area (Å²) in [5, 5.41) is 12.3. The van der Waals surface area contributed by atoms with Crippen molar-refractivity contribution in [1.29, 1.82) is 0 Å². The summed E-state index contributed by atoms with van der Waals surface area (Å²) in [6, 6.07) is 23.2. The normalized spacial score (nSPS) is 12.1. The zero-order valence-corrected chi connectivity index (χ0v) is 23.2.